The minimum Gasteiger partial charge on any atom is -0.476 e. The maximum atomic E-state index is 11.6. The van der Waals surface area contributed by atoms with Crippen molar-refractivity contribution in [2.45, 2.75) is 0 Å². The van der Waals surface area contributed by atoms with Gasteiger partial charge in [-0.15, -0.1) is 0 Å². The Kier molecular flexibility index (Phi) is 3.79. The molecule has 0 aliphatic heterocycles. The zero-order valence-electron chi connectivity index (χ0n) is 15.8. The van der Waals surface area contributed by atoms with Crippen molar-refractivity contribution in [1.29, 1.82) is 0 Å². The summed E-state index contributed by atoms with van der Waals surface area (Å²) in [5, 5.41) is 20.7. The maximum absolute atomic E-state index is 11.6. The number of nitrogens with zero attached hydrogens (tertiary/aromatic N) is 3. The van der Waals surface area contributed by atoms with Crippen LogP contribution >= 0.6 is 0 Å². The summed E-state index contributed by atoms with van der Waals surface area (Å²) in [6.45, 7) is 0. The molecule has 0 spiro atoms. The maximum Gasteiger partial charge on any atom is 0.357 e. The Morgan fingerprint density at radius 1 is 0.767 bits per heavy atom. The van der Waals surface area contributed by atoms with Crippen molar-refractivity contribution < 1.29 is 19.8 Å². The molecule has 4 aromatic rings. The van der Waals surface area contributed by atoms with Crippen LogP contribution in [0.1, 0.15) is 21.0 Å². The van der Waals surface area contributed by atoms with Crippen LogP contribution < -0.4 is 4.90 Å². The van der Waals surface area contributed by atoms with Crippen molar-refractivity contribution in [3.63, 3.8) is 0 Å². The molecule has 5 rings (SSSR count). The number of carboxylic acids is 2. The van der Waals surface area contributed by atoms with E-state index in [9.17, 15) is 19.8 Å². The quantitative estimate of drug-likeness (QED) is 0.462. The first-order chi connectivity index (χ1) is 14.5. The minimum absolute atomic E-state index is 0.387. The number of aromatic nitrogens is 2. The summed E-state index contributed by atoms with van der Waals surface area (Å²) in [4.78, 5) is 33.6. The summed E-state index contributed by atoms with van der Waals surface area (Å²) in [6, 6.07) is 19.5. The van der Waals surface area contributed by atoms with E-state index < -0.39 is 23.3 Å². The molecule has 3 aromatic carbocycles. The first-order valence-corrected chi connectivity index (χ1v) is 9.21. The Labute approximate surface area is 170 Å². The number of hydrogen-bond donors (Lipinski definition) is 2. The molecule has 30 heavy (non-hydrogen) atoms. The monoisotopic (exact) mass is 397 g/mol. The first-order valence-electron chi connectivity index (χ1n) is 9.21. The second-order valence-electron chi connectivity index (χ2n) is 6.98. The number of para-hydroxylation sites is 1. The summed E-state index contributed by atoms with van der Waals surface area (Å²) in [5.74, 6) is -2.84. The molecule has 0 radical (unpaired) electrons. The number of benzene rings is 3. The highest BCUT2D eigenvalue weighted by Gasteiger charge is 2.30. The Hall–Kier alpha value is -4.26. The molecule has 1 aromatic heterocycles. The van der Waals surface area contributed by atoms with Crippen LogP contribution in [0.2, 0.25) is 0 Å². The molecule has 1 aliphatic carbocycles. The molecule has 0 bridgehead atoms. The van der Waals surface area contributed by atoms with Gasteiger partial charge in [0.2, 0.25) is 0 Å². The normalized spacial score (nSPS) is 11.4. The predicted molar refractivity (Wildman–Crippen MR) is 112 cm³/mol. The van der Waals surface area contributed by atoms with Crippen molar-refractivity contribution in [3.8, 4) is 22.5 Å². The third-order valence-corrected chi connectivity index (χ3v) is 5.33. The molecule has 0 atom stereocenters. The first kappa shape index (κ1) is 17.8. The molecule has 1 heterocycles. The molecule has 0 fully saturated rings. The lowest BCUT2D eigenvalue weighted by Gasteiger charge is -2.22. The largest absolute Gasteiger partial charge is 0.476 e. The number of aromatic carboxylic acids is 2. The van der Waals surface area contributed by atoms with Gasteiger partial charge in [0.15, 0.2) is 11.4 Å². The van der Waals surface area contributed by atoms with Gasteiger partial charge in [0.05, 0.1) is 11.4 Å². The zero-order chi connectivity index (χ0) is 21.0. The summed E-state index contributed by atoms with van der Waals surface area (Å²) in [7, 11) is 1.98. The lowest BCUT2D eigenvalue weighted by Crippen LogP contribution is -2.14. The summed E-state index contributed by atoms with van der Waals surface area (Å²) in [5.41, 5.74) is 3.12. The van der Waals surface area contributed by atoms with E-state index >= 15 is 0 Å². The van der Waals surface area contributed by atoms with Crippen LogP contribution in [0, 0.1) is 0 Å². The lowest BCUT2D eigenvalue weighted by atomic mass is 10.0. The zero-order valence-corrected chi connectivity index (χ0v) is 15.8. The van der Waals surface area contributed by atoms with Gasteiger partial charge in [0.1, 0.15) is 0 Å². The summed E-state index contributed by atoms with van der Waals surface area (Å²) < 4.78 is 0. The van der Waals surface area contributed by atoms with Gasteiger partial charge in [-0.3, -0.25) is 0 Å². The van der Waals surface area contributed by atoms with E-state index in [4.69, 9.17) is 0 Å². The number of carbonyl (C=O) groups is 2. The van der Waals surface area contributed by atoms with Gasteiger partial charge in [-0.2, -0.15) is 0 Å². The van der Waals surface area contributed by atoms with E-state index in [1.165, 1.54) is 0 Å². The van der Waals surface area contributed by atoms with E-state index in [0.717, 1.165) is 33.3 Å². The van der Waals surface area contributed by atoms with Gasteiger partial charge < -0.3 is 15.1 Å². The Morgan fingerprint density at radius 3 is 1.97 bits per heavy atom. The number of anilines is 2. The molecule has 7 nitrogen and oxygen atoms in total. The molecule has 0 unspecified atom stereocenters. The van der Waals surface area contributed by atoms with Crippen molar-refractivity contribution >= 4 is 34.1 Å². The fourth-order valence-electron chi connectivity index (χ4n) is 3.98. The van der Waals surface area contributed by atoms with Crippen LogP contribution in [0.25, 0.3) is 33.3 Å². The fraction of sp³-hybridized carbons (Fsp3) is 0.0435. The molecule has 0 amide bonds. The smallest absolute Gasteiger partial charge is 0.357 e. The highest BCUT2D eigenvalue weighted by molar-refractivity contribution is 6.17. The van der Waals surface area contributed by atoms with Crippen LogP contribution in [-0.4, -0.2) is 39.2 Å². The van der Waals surface area contributed by atoms with Gasteiger partial charge in [-0.25, -0.2) is 19.6 Å². The van der Waals surface area contributed by atoms with Gasteiger partial charge in [0, 0.05) is 40.3 Å². The highest BCUT2D eigenvalue weighted by atomic mass is 16.4. The lowest BCUT2D eigenvalue weighted by molar-refractivity contribution is 0.0641. The predicted octanol–water partition coefficient (Wildman–Crippen LogP) is 4.44. The van der Waals surface area contributed by atoms with Crippen molar-refractivity contribution in [2.75, 3.05) is 11.9 Å². The number of rotatable bonds is 4. The van der Waals surface area contributed by atoms with Gasteiger partial charge >= 0.3 is 11.9 Å². The molecular weight excluding hydrogens is 382 g/mol. The average molecular weight is 397 g/mol. The Morgan fingerprint density at radius 2 is 1.37 bits per heavy atom. The molecule has 7 heteroatoms. The van der Waals surface area contributed by atoms with Crippen LogP contribution in [0.5, 0.6) is 0 Å². The second kappa shape index (κ2) is 6.38. The van der Waals surface area contributed by atoms with Crippen LogP contribution in [-0.2, 0) is 0 Å². The number of carboxylic acid groups (broad SMARTS) is 2. The molecule has 146 valence electrons. The summed E-state index contributed by atoms with van der Waals surface area (Å²) >= 11 is 0. The topological polar surface area (TPSA) is 104 Å². The fourth-order valence-corrected chi connectivity index (χ4v) is 3.98. The standard InChI is InChI=1S/C23H15N3O4/c1-26(12-6-3-2-4-7-12)16-11-10-15-17-13(16)8-5-9-14(17)18-19(15)25-21(23(29)30)20(24-18)22(27)28/h2-11H,1H3,(H,27,28)(H,29,30). The van der Waals surface area contributed by atoms with Crippen LogP contribution in [0.15, 0.2) is 60.7 Å². The highest BCUT2D eigenvalue weighted by Crippen LogP contribution is 2.48. The van der Waals surface area contributed by atoms with Gasteiger partial charge in [0.25, 0.3) is 0 Å². The molecule has 1 aliphatic rings. The van der Waals surface area contributed by atoms with E-state index in [2.05, 4.69) is 14.9 Å². The molecular formula is C23H15N3O4. The minimum atomic E-state index is -1.42. The van der Waals surface area contributed by atoms with Crippen LogP contribution in [0.3, 0.4) is 0 Å². The van der Waals surface area contributed by atoms with Crippen molar-refractivity contribution in [3.05, 3.63) is 72.1 Å². The molecule has 2 N–H and O–H groups in total. The molecule has 0 saturated carbocycles. The van der Waals surface area contributed by atoms with E-state index in [1.807, 2.05) is 67.7 Å². The average Bonchev–Trinajstić information content (AvgIpc) is 3.08. The van der Waals surface area contributed by atoms with Crippen LogP contribution in [0.4, 0.5) is 11.4 Å². The van der Waals surface area contributed by atoms with Crippen molar-refractivity contribution in [2.24, 2.45) is 0 Å². The third kappa shape index (κ3) is 2.45. The summed E-state index contributed by atoms with van der Waals surface area (Å²) in [6.07, 6.45) is 0. The third-order valence-electron chi connectivity index (χ3n) is 5.33. The number of hydrogen-bond acceptors (Lipinski definition) is 5. The number of fused-ring (bicyclic) bond motifs is 3. The van der Waals surface area contributed by atoms with Gasteiger partial charge in [-0.05, 0) is 24.3 Å². The Balaban J connectivity index is 1.78. The van der Waals surface area contributed by atoms with Gasteiger partial charge in [-0.1, -0.05) is 36.4 Å². The van der Waals surface area contributed by atoms with Crippen molar-refractivity contribution in [1.82, 2.24) is 9.97 Å². The SMILES string of the molecule is CN(c1ccccc1)c1ccc2c3c(cccc13)-c1nc(C(=O)O)c(C(=O)O)nc1-2. The van der Waals surface area contributed by atoms with E-state index in [-0.39, 0.29) is 0 Å². The Bertz CT molecular complexity index is 1320. The molecule has 0 saturated heterocycles. The van der Waals surface area contributed by atoms with E-state index in [0.29, 0.717) is 11.4 Å². The van der Waals surface area contributed by atoms with E-state index in [1.54, 1.807) is 0 Å². The second-order valence-corrected chi connectivity index (χ2v) is 6.98.